The fourth-order valence-electron chi connectivity index (χ4n) is 8.60. The van der Waals surface area contributed by atoms with Gasteiger partial charge in [0.25, 0.3) is 5.91 Å². The first-order chi connectivity index (χ1) is 26.3. The quantitative estimate of drug-likeness (QED) is 0.103. The third-order valence-electron chi connectivity index (χ3n) is 11.3. The molecule has 9 rings (SSSR count). The van der Waals surface area contributed by atoms with Crippen molar-refractivity contribution >= 4 is 50.6 Å². The number of nitrogens with zero attached hydrogens (tertiary/aromatic N) is 4. The van der Waals surface area contributed by atoms with Crippen LogP contribution in [0.5, 0.6) is 5.75 Å². The smallest absolute Gasteiger partial charge is 0.326 e. The fourth-order valence-corrected chi connectivity index (χ4v) is 8.60. The van der Waals surface area contributed by atoms with E-state index in [1.807, 2.05) is 34.9 Å². The number of H-pyrrole nitrogens is 1. The summed E-state index contributed by atoms with van der Waals surface area (Å²) in [7, 11) is 0. The molecule has 0 radical (unpaired) electrons. The predicted molar refractivity (Wildman–Crippen MR) is 203 cm³/mol. The van der Waals surface area contributed by atoms with Crippen LogP contribution in [0.15, 0.2) is 83.8 Å². The molecule has 1 amide bonds. The van der Waals surface area contributed by atoms with Crippen LogP contribution in [0, 0.1) is 0 Å². The van der Waals surface area contributed by atoms with E-state index in [9.17, 15) is 24.6 Å². The molecule has 0 saturated heterocycles. The lowest BCUT2D eigenvalue weighted by Gasteiger charge is -2.25. The lowest BCUT2D eigenvalue weighted by Crippen LogP contribution is -2.42. The number of carbonyl (C=O) groups is 3. The molecule has 4 N–H and O–H groups in total. The Balaban J connectivity index is 1.05. The first-order valence-corrected chi connectivity index (χ1v) is 18.8. The van der Waals surface area contributed by atoms with E-state index in [-0.39, 0.29) is 29.6 Å². The maximum atomic E-state index is 14.5. The molecule has 4 aromatic heterocycles. The summed E-state index contributed by atoms with van der Waals surface area (Å²) in [6.45, 7) is 0. The molecular formula is C42H40N6O6. The van der Waals surface area contributed by atoms with E-state index in [0.29, 0.717) is 33.9 Å². The number of benzene rings is 3. The van der Waals surface area contributed by atoms with Crippen molar-refractivity contribution in [1.82, 2.24) is 29.4 Å². The average molecular weight is 725 g/mol. The highest BCUT2D eigenvalue weighted by molar-refractivity contribution is 6.10. The molecule has 4 heterocycles. The second-order valence-electron chi connectivity index (χ2n) is 14.7. The number of phenolic OH excluding ortho intramolecular Hbond substituents is 1. The summed E-state index contributed by atoms with van der Waals surface area (Å²) in [5, 5.41) is 23.4. The Kier molecular flexibility index (Phi) is 8.52. The number of carboxylic acid groups (broad SMARTS) is 1. The van der Waals surface area contributed by atoms with E-state index in [2.05, 4.69) is 14.9 Å². The summed E-state index contributed by atoms with van der Waals surface area (Å²) < 4.78 is 9.76. The SMILES string of the molecule is O=C(N[C@@H](Cc1c[nH]c2ccc(O)cc12)C(=O)O)c1ccc2c(c1)nc(C(=O)c1ccc3c(c1)nc(-c1ccoc1)n3C1CCCC1)n2C1CCCCC1. The van der Waals surface area contributed by atoms with Gasteiger partial charge in [-0.2, -0.15) is 0 Å². The van der Waals surface area contributed by atoms with Crippen LogP contribution in [0.4, 0.5) is 0 Å². The van der Waals surface area contributed by atoms with Gasteiger partial charge in [-0.3, -0.25) is 9.59 Å². The van der Waals surface area contributed by atoms with Gasteiger partial charge in [0.2, 0.25) is 5.78 Å². The molecule has 2 saturated carbocycles. The molecule has 0 aliphatic heterocycles. The zero-order valence-electron chi connectivity index (χ0n) is 29.6. The number of phenols is 1. The fraction of sp³-hybridized carbons (Fsp3) is 0.310. The zero-order valence-corrected chi connectivity index (χ0v) is 29.6. The Hall–Kier alpha value is -6.17. The summed E-state index contributed by atoms with van der Waals surface area (Å²) in [4.78, 5) is 53.4. The first-order valence-electron chi connectivity index (χ1n) is 18.8. The van der Waals surface area contributed by atoms with Crippen molar-refractivity contribution in [2.75, 3.05) is 0 Å². The van der Waals surface area contributed by atoms with Crippen molar-refractivity contribution in [2.45, 2.75) is 82.3 Å². The van der Waals surface area contributed by atoms with Crippen molar-refractivity contribution in [3.05, 3.63) is 102 Å². The van der Waals surface area contributed by atoms with Crippen LogP contribution in [-0.2, 0) is 11.2 Å². The summed E-state index contributed by atoms with van der Waals surface area (Å²) in [5.74, 6) is -0.764. The lowest BCUT2D eigenvalue weighted by atomic mass is 9.94. The molecule has 7 aromatic rings. The van der Waals surface area contributed by atoms with Crippen LogP contribution in [0.1, 0.15) is 102 Å². The number of rotatable bonds is 10. The van der Waals surface area contributed by atoms with Crippen molar-refractivity contribution in [2.24, 2.45) is 0 Å². The number of aromatic nitrogens is 5. The van der Waals surface area contributed by atoms with Gasteiger partial charge in [0, 0.05) is 46.7 Å². The van der Waals surface area contributed by atoms with E-state index in [4.69, 9.17) is 14.4 Å². The number of furan rings is 1. The number of nitrogens with one attached hydrogen (secondary N) is 2. The minimum absolute atomic E-state index is 0.00847. The maximum absolute atomic E-state index is 14.5. The Labute approximate surface area is 309 Å². The molecule has 12 heteroatoms. The third-order valence-corrected chi connectivity index (χ3v) is 11.3. The zero-order chi connectivity index (χ0) is 36.9. The number of ketones is 1. The highest BCUT2D eigenvalue weighted by Crippen LogP contribution is 2.38. The molecule has 12 nitrogen and oxygen atoms in total. The number of imidazole rings is 2. The standard InChI is InChI=1S/C42H40N6O6/c49-30-12-13-32-31(21-30)27(22-43-32)20-35(42(52)53)46-41(51)25-11-15-37-34(19-25)45-40(48(37)29-6-2-1-3-7-29)38(50)24-10-14-36-33(18-24)44-39(26-16-17-54-23-26)47(36)28-8-4-5-9-28/h10-19,21-23,28-29,35,43,49H,1-9,20H2,(H,46,51)(H,52,53)/t35-/m0/s1. The summed E-state index contributed by atoms with van der Waals surface area (Å²) in [5.41, 5.74) is 5.99. The molecule has 2 fully saturated rings. The number of carbonyl (C=O) groups excluding carboxylic acids is 2. The van der Waals surface area contributed by atoms with Crippen LogP contribution in [0.3, 0.4) is 0 Å². The molecule has 274 valence electrons. The maximum Gasteiger partial charge on any atom is 0.326 e. The Morgan fingerprint density at radius 1 is 0.833 bits per heavy atom. The van der Waals surface area contributed by atoms with Gasteiger partial charge < -0.3 is 34.1 Å². The molecule has 1 atom stereocenters. The van der Waals surface area contributed by atoms with Crippen molar-refractivity contribution in [3.8, 4) is 17.1 Å². The van der Waals surface area contributed by atoms with Crippen LogP contribution in [0.25, 0.3) is 44.4 Å². The van der Waals surface area contributed by atoms with Gasteiger partial charge in [-0.05, 0) is 91.9 Å². The minimum atomic E-state index is -1.23. The number of hydrogen-bond acceptors (Lipinski definition) is 7. The van der Waals surface area contributed by atoms with Crippen LogP contribution in [0.2, 0.25) is 0 Å². The molecular weight excluding hydrogens is 684 g/mol. The predicted octanol–water partition coefficient (Wildman–Crippen LogP) is 8.11. The highest BCUT2D eigenvalue weighted by atomic mass is 16.4. The average Bonchev–Trinajstić information content (AvgIpc) is 4.03. The Morgan fingerprint density at radius 2 is 1.52 bits per heavy atom. The Bertz CT molecular complexity index is 2550. The van der Waals surface area contributed by atoms with Gasteiger partial charge in [0.15, 0.2) is 5.82 Å². The molecule has 54 heavy (non-hydrogen) atoms. The van der Waals surface area contributed by atoms with Gasteiger partial charge in [0.1, 0.15) is 23.9 Å². The largest absolute Gasteiger partial charge is 0.508 e. The minimum Gasteiger partial charge on any atom is -0.508 e. The van der Waals surface area contributed by atoms with E-state index < -0.39 is 17.9 Å². The first kappa shape index (κ1) is 33.7. The second-order valence-corrected chi connectivity index (χ2v) is 14.7. The van der Waals surface area contributed by atoms with E-state index in [1.165, 1.54) is 12.8 Å². The summed E-state index contributed by atoms with van der Waals surface area (Å²) in [6.07, 6.45) is 14.6. The third kappa shape index (κ3) is 6.01. The Morgan fingerprint density at radius 3 is 2.26 bits per heavy atom. The van der Waals surface area contributed by atoms with Gasteiger partial charge >= 0.3 is 5.97 Å². The molecule has 0 unspecified atom stereocenters. The number of aromatic amines is 1. The number of amides is 1. The van der Waals surface area contributed by atoms with Gasteiger partial charge in [-0.15, -0.1) is 0 Å². The highest BCUT2D eigenvalue weighted by Gasteiger charge is 2.29. The van der Waals surface area contributed by atoms with E-state index in [0.717, 1.165) is 78.4 Å². The van der Waals surface area contributed by atoms with Crippen LogP contribution in [-0.4, -0.2) is 58.0 Å². The topological polar surface area (TPSA) is 168 Å². The molecule has 2 aliphatic carbocycles. The van der Waals surface area contributed by atoms with E-state index in [1.54, 1.807) is 49.1 Å². The van der Waals surface area contributed by atoms with Gasteiger partial charge in [-0.25, -0.2) is 14.8 Å². The van der Waals surface area contributed by atoms with Crippen LogP contribution < -0.4 is 5.32 Å². The number of aromatic hydroxyl groups is 1. The number of fused-ring (bicyclic) bond motifs is 3. The monoisotopic (exact) mass is 724 g/mol. The molecule has 0 bridgehead atoms. The van der Waals surface area contributed by atoms with Gasteiger partial charge in [0.05, 0.1) is 33.9 Å². The number of carboxylic acids is 1. The number of hydrogen-bond donors (Lipinski definition) is 4. The lowest BCUT2D eigenvalue weighted by molar-refractivity contribution is -0.139. The second kappa shape index (κ2) is 13.7. The van der Waals surface area contributed by atoms with Crippen molar-refractivity contribution < 1.29 is 29.0 Å². The summed E-state index contributed by atoms with van der Waals surface area (Å²) >= 11 is 0. The van der Waals surface area contributed by atoms with E-state index >= 15 is 0 Å². The normalized spacial score (nSPS) is 16.1. The molecule has 0 spiro atoms. The van der Waals surface area contributed by atoms with Gasteiger partial charge in [-0.1, -0.05) is 32.1 Å². The van der Waals surface area contributed by atoms with Crippen molar-refractivity contribution in [1.29, 1.82) is 0 Å². The van der Waals surface area contributed by atoms with Crippen LogP contribution >= 0.6 is 0 Å². The number of aliphatic carboxylic acids is 1. The molecule has 3 aromatic carbocycles. The molecule has 2 aliphatic rings. The van der Waals surface area contributed by atoms with Crippen molar-refractivity contribution in [3.63, 3.8) is 0 Å². The summed E-state index contributed by atoms with van der Waals surface area (Å²) in [6, 6.07) is 16.7.